The number of rotatable bonds is 3. The molecule has 1 aromatic carbocycles. The van der Waals surface area contributed by atoms with Crippen LogP contribution in [0.4, 0.5) is 18.9 Å². The second-order valence-electron chi connectivity index (χ2n) is 4.79. The molecule has 2 rings (SSSR count). The first-order valence-corrected chi connectivity index (χ1v) is 8.63. The maximum Gasteiger partial charge on any atom is 0.416 e. The van der Waals surface area contributed by atoms with Crippen LogP contribution in [0.15, 0.2) is 22.7 Å². The van der Waals surface area contributed by atoms with Crippen LogP contribution >= 0.6 is 15.9 Å². The number of benzene rings is 1. The van der Waals surface area contributed by atoms with Crippen LogP contribution in [0.3, 0.4) is 0 Å². The third kappa shape index (κ3) is 4.10. The second kappa shape index (κ2) is 6.13. The Balaban J connectivity index is 2.26. The van der Waals surface area contributed by atoms with Crippen LogP contribution in [-0.4, -0.2) is 26.8 Å². The van der Waals surface area contributed by atoms with Gasteiger partial charge in [-0.1, -0.05) is 0 Å². The molecular formula is C12H14BrF3N2O2S. The van der Waals surface area contributed by atoms with E-state index < -0.39 is 27.0 Å². The number of nitrogens with one attached hydrogen (secondary N) is 2. The number of anilines is 1. The van der Waals surface area contributed by atoms with E-state index in [0.717, 1.165) is 12.1 Å². The summed E-state index contributed by atoms with van der Waals surface area (Å²) in [6.45, 7) is 1.16. The molecule has 4 nitrogen and oxygen atoms in total. The third-order valence-electron chi connectivity index (χ3n) is 3.27. The van der Waals surface area contributed by atoms with Gasteiger partial charge >= 0.3 is 6.18 Å². The zero-order valence-corrected chi connectivity index (χ0v) is 13.3. The summed E-state index contributed by atoms with van der Waals surface area (Å²) < 4.78 is 65.1. The van der Waals surface area contributed by atoms with Gasteiger partial charge in [0.25, 0.3) is 0 Å². The molecule has 1 heterocycles. The highest BCUT2D eigenvalue weighted by Crippen LogP contribution is 2.34. The fraction of sp³-hybridized carbons (Fsp3) is 0.500. The van der Waals surface area contributed by atoms with Crippen molar-refractivity contribution in [2.45, 2.75) is 24.3 Å². The van der Waals surface area contributed by atoms with Gasteiger partial charge in [-0.2, -0.15) is 13.2 Å². The number of piperidine rings is 1. The lowest BCUT2D eigenvalue weighted by atomic mass is 10.2. The first-order chi connectivity index (χ1) is 9.70. The van der Waals surface area contributed by atoms with Gasteiger partial charge in [0.2, 0.25) is 10.0 Å². The molecular weight excluding hydrogens is 373 g/mol. The Hall–Kier alpha value is -0.800. The minimum atomic E-state index is -4.52. The normalized spacial score (nSPS) is 17.7. The largest absolute Gasteiger partial charge is 0.416 e. The molecule has 0 bridgehead atoms. The minimum Gasteiger partial charge on any atom is -0.317 e. The number of halogens is 4. The zero-order valence-electron chi connectivity index (χ0n) is 10.9. The Morgan fingerprint density at radius 1 is 1.24 bits per heavy atom. The summed E-state index contributed by atoms with van der Waals surface area (Å²) in [4.78, 5) is 0. The van der Waals surface area contributed by atoms with Crippen LogP contribution in [0.2, 0.25) is 0 Å². The van der Waals surface area contributed by atoms with Crippen molar-refractivity contribution >= 4 is 31.6 Å². The van der Waals surface area contributed by atoms with Gasteiger partial charge in [0.05, 0.1) is 16.5 Å². The Bertz CT molecular complexity index is 613. The molecule has 0 saturated carbocycles. The maximum atomic E-state index is 12.7. The quantitative estimate of drug-likeness (QED) is 0.839. The zero-order chi connectivity index (χ0) is 15.7. The molecule has 1 aliphatic rings. The Morgan fingerprint density at radius 3 is 2.43 bits per heavy atom. The standard InChI is InChI=1S/C12H14BrF3N2O2S/c13-10-2-1-8(12(14,15)16)7-11(10)18-21(19,20)9-3-5-17-6-4-9/h1-2,7,9,17-18H,3-6H2. The topological polar surface area (TPSA) is 58.2 Å². The monoisotopic (exact) mass is 386 g/mol. The van der Waals surface area contributed by atoms with E-state index in [2.05, 4.69) is 26.0 Å². The fourth-order valence-electron chi connectivity index (χ4n) is 2.12. The Kier molecular flexibility index (Phi) is 4.84. The third-order valence-corrected chi connectivity index (χ3v) is 5.82. The van der Waals surface area contributed by atoms with Gasteiger partial charge in [-0.3, -0.25) is 4.72 Å². The van der Waals surface area contributed by atoms with Gasteiger partial charge in [-0.25, -0.2) is 8.42 Å². The molecule has 0 amide bonds. The molecule has 1 saturated heterocycles. The van der Waals surface area contributed by atoms with Gasteiger partial charge in [-0.15, -0.1) is 0 Å². The van der Waals surface area contributed by atoms with E-state index in [9.17, 15) is 21.6 Å². The van der Waals surface area contributed by atoms with Crippen LogP contribution in [0, 0.1) is 0 Å². The van der Waals surface area contributed by atoms with E-state index in [1.807, 2.05) is 0 Å². The van der Waals surface area contributed by atoms with Crippen molar-refractivity contribution in [3.8, 4) is 0 Å². The fourth-order valence-corrected chi connectivity index (χ4v) is 4.10. The van der Waals surface area contributed by atoms with Crippen LogP contribution in [0.25, 0.3) is 0 Å². The summed E-state index contributed by atoms with van der Waals surface area (Å²) >= 11 is 3.07. The van der Waals surface area contributed by atoms with E-state index in [0.29, 0.717) is 25.9 Å². The molecule has 1 fully saturated rings. The molecule has 2 N–H and O–H groups in total. The van der Waals surface area contributed by atoms with Crippen molar-refractivity contribution in [1.29, 1.82) is 0 Å². The van der Waals surface area contributed by atoms with E-state index >= 15 is 0 Å². The minimum absolute atomic E-state index is 0.0941. The van der Waals surface area contributed by atoms with Crippen molar-refractivity contribution < 1.29 is 21.6 Å². The lowest BCUT2D eigenvalue weighted by Gasteiger charge is -2.23. The Labute approximate surface area is 129 Å². The molecule has 9 heteroatoms. The number of sulfonamides is 1. The van der Waals surface area contributed by atoms with Crippen LogP contribution in [0.1, 0.15) is 18.4 Å². The van der Waals surface area contributed by atoms with Crippen molar-refractivity contribution in [3.63, 3.8) is 0 Å². The van der Waals surface area contributed by atoms with Gasteiger partial charge in [0.1, 0.15) is 0 Å². The molecule has 0 unspecified atom stereocenters. The summed E-state index contributed by atoms with van der Waals surface area (Å²) in [5.41, 5.74) is -0.989. The number of alkyl halides is 3. The highest BCUT2D eigenvalue weighted by molar-refractivity contribution is 9.10. The molecule has 1 aromatic rings. The average Bonchev–Trinajstić information content (AvgIpc) is 2.41. The average molecular weight is 387 g/mol. The van der Waals surface area contributed by atoms with Crippen LogP contribution < -0.4 is 10.0 Å². The molecule has 0 aromatic heterocycles. The van der Waals surface area contributed by atoms with Gasteiger partial charge in [0.15, 0.2) is 0 Å². The summed E-state index contributed by atoms with van der Waals surface area (Å²) in [7, 11) is -3.71. The number of hydrogen-bond acceptors (Lipinski definition) is 3. The first kappa shape index (κ1) is 16.6. The Morgan fingerprint density at radius 2 is 1.86 bits per heavy atom. The lowest BCUT2D eigenvalue weighted by molar-refractivity contribution is -0.137. The van der Waals surface area contributed by atoms with E-state index in [4.69, 9.17) is 0 Å². The summed E-state index contributed by atoms with van der Waals surface area (Å²) in [5, 5.41) is 2.44. The van der Waals surface area contributed by atoms with Gasteiger partial charge < -0.3 is 5.32 Å². The SMILES string of the molecule is O=S(=O)(Nc1cc(C(F)(F)F)ccc1Br)C1CCNCC1. The molecule has 118 valence electrons. The van der Waals surface area contributed by atoms with Crippen molar-refractivity contribution in [2.75, 3.05) is 17.8 Å². The molecule has 1 aliphatic heterocycles. The van der Waals surface area contributed by atoms with E-state index in [-0.39, 0.29) is 10.2 Å². The molecule has 0 atom stereocenters. The van der Waals surface area contributed by atoms with Crippen molar-refractivity contribution in [3.05, 3.63) is 28.2 Å². The summed E-state index contributed by atoms with van der Waals surface area (Å²) in [6.07, 6.45) is -3.65. The highest BCUT2D eigenvalue weighted by atomic mass is 79.9. The molecule has 0 radical (unpaired) electrons. The number of hydrogen-bond donors (Lipinski definition) is 2. The molecule has 0 aliphatic carbocycles. The van der Waals surface area contributed by atoms with Crippen molar-refractivity contribution in [2.24, 2.45) is 0 Å². The second-order valence-corrected chi connectivity index (χ2v) is 7.60. The van der Waals surface area contributed by atoms with Gasteiger partial charge in [0, 0.05) is 4.47 Å². The molecule has 21 heavy (non-hydrogen) atoms. The predicted octanol–water partition coefficient (Wildman–Crippen LogP) is 2.96. The van der Waals surface area contributed by atoms with Crippen molar-refractivity contribution in [1.82, 2.24) is 5.32 Å². The lowest BCUT2D eigenvalue weighted by Crippen LogP contribution is -2.38. The summed E-state index contributed by atoms with van der Waals surface area (Å²) in [5.74, 6) is 0. The van der Waals surface area contributed by atoms with E-state index in [1.54, 1.807) is 0 Å². The van der Waals surface area contributed by atoms with Crippen LogP contribution in [0.5, 0.6) is 0 Å². The first-order valence-electron chi connectivity index (χ1n) is 6.29. The van der Waals surface area contributed by atoms with Gasteiger partial charge in [-0.05, 0) is 60.1 Å². The maximum absolute atomic E-state index is 12.7. The summed E-state index contributed by atoms with van der Waals surface area (Å²) in [6, 6.07) is 2.87. The highest BCUT2D eigenvalue weighted by Gasteiger charge is 2.32. The van der Waals surface area contributed by atoms with E-state index in [1.165, 1.54) is 6.07 Å². The predicted molar refractivity (Wildman–Crippen MR) is 77.6 cm³/mol. The van der Waals surface area contributed by atoms with Crippen LogP contribution in [-0.2, 0) is 16.2 Å². The molecule has 0 spiro atoms. The smallest absolute Gasteiger partial charge is 0.317 e.